The summed E-state index contributed by atoms with van der Waals surface area (Å²) in [6.45, 7) is 8.58. The molecule has 1 atom stereocenters. The Bertz CT molecular complexity index is 794. The summed E-state index contributed by atoms with van der Waals surface area (Å²) in [5.74, 6) is 1.33. The molecule has 0 aliphatic carbocycles. The highest BCUT2D eigenvalue weighted by atomic mass is 16.2. The number of rotatable bonds is 3. The van der Waals surface area contributed by atoms with E-state index in [4.69, 9.17) is 0 Å². The molecule has 1 N–H and O–H groups in total. The van der Waals surface area contributed by atoms with Gasteiger partial charge < -0.3 is 14.8 Å². The van der Waals surface area contributed by atoms with E-state index in [9.17, 15) is 9.59 Å². The lowest BCUT2D eigenvalue weighted by atomic mass is 10.1. The van der Waals surface area contributed by atoms with Crippen LogP contribution < -0.4 is 5.32 Å². The number of aryl methyl sites for hydroxylation is 1. The van der Waals surface area contributed by atoms with Crippen LogP contribution in [0.5, 0.6) is 0 Å². The summed E-state index contributed by atoms with van der Waals surface area (Å²) in [6.07, 6.45) is 1.20. The maximum absolute atomic E-state index is 12.8. The van der Waals surface area contributed by atoms with Gasteiger partial charge in [0.25, 0.3) is 5.91 Å². The molecule has 0 saturated heterocycles. The van der Waals surface area contributed by atoms with Crippen molar-refractivity contribution in [3.8, 4) is 0 Å². The van der Waals surface area contributed by atoms with Gasteiger partial charge in [0.15, 0.2) is 5.82 Å². The van der Waals surface area contributed by atoms with Gasteiger partial charge in [-0.25, -0.2) is 0 Å². The van der Waals surface area contributed by atoms with E-state index >= 15 is 0 Å². The van der Waals surface area contributed by atoms with Gasteiger partial charge >= 0.3 is 0 Å². The molecule has 1 unspecified atom stereocenters. The average Bonchev–Trinajstić information content (AvgIpc) is 2.97. The van der Waals surface area contributed by atoms with Crippen molar-refractivity contribution in [1.82, 2.24) is 19.7 Å². The van der Waals surface area contributed by atoms with Crippen molar-refractivity contribution in [2.24, 2.45) is 0 Å². The van der Waals surface area contributed by atoms with Crippen molar-refractivity contribution >= 4 is 17.5 Å². The summed E-state index contributed by atoms with van der Waals surface area (Å²) >= 11 is 0. The number of benzene rings is 1. The second kappa shape index (κ2) is 6.27. The highest BCUT2D eigenvalue weighted by molar-refractivity contribution is 5.99. The molecule has 2 heterocycles. The monoisotopic (exact) mass is 325 g/mol. The molecular weight excluding hydrogens is 306 g/mol. The SMILES string of the molecule is C=CC(=O)Nc1ccc(C(=O)N2CCn3c(C)nnc3C2C)cc1. The van der Waals surface area contributed by atoms with Crippen molar-refractivity contribution in [3.63, 3.8) is 0 Å². The Morgan fingerprint density at radius 2 is 1.96 bits per heavy atom. The first-order valence-electron chi connectivity index (χ1n) is 7.75. The molecule has 124 valence electrons. The van der Waals surface area contributed by atoms with E-state index in [-0.39, 0.29) is 17.9 Å². The first-order valence-corrected chi connectivity index (χ1v) is 7.75. The maximum atomic E-state index is 12.8. The van der Waals surface area contributed by atoms with Crippen LogP contribution in [0.1, 0.15) is 35.0 Å². The molecule has 0 fully saturated rings. The van der Waals surface area contributed by atoms with Crippen LogP contribution in [0, 0.1) is 6.92 Å². The zero-order valence-electron chi connectivity index (χ0n) is 13.7. The molecule has 2 aromatic rings. The number of nitrogens with one attached hydrogen (secondary N) is 1. The number of hydrogen-bond donors (Lipinski definition) is 1. The second-order valence-electron chi connectivity index (χ2n) is 5.70. The molecule has 24 heavy (non-hydrogen) atoms. The molecule has 1 aliphatic rings. The quantitative estimate of drug-likeness (QED) is 0.875. The lowest BCUT2D eigenvalue weighted by Crippen LogP contribution is -2.41. The third kappa shape index (κ3) is 2.80. The summed E-state index contributed by atoms with van der Waals surface area (Å²) in [5, 5.41) is 10.9. The fourth-order valence-corrected chi connectivity index (χ4v) is 2.86. The van der Waals surface area contributed by atoms with Gasteiger partial charge in [0.2, 0.25) is 5.91 Å². The number of amides is 2. The van der Waals surface area contributed by atoms with Gasteiger partial charge in [0.05, 0.1) is 6.04 Å². The molecular formula is C17H19N5O2. The number of fused-ring (bicyclic) bond motifs is 1. The number of nitrogens with zero attached hydrogens (tertiary/aromatic N) is 4. The smallest absolute Gasteiger partial charge is 0.254 e. The van der Waals surface area contributed by atoms with Gasteiger partial charge in [0, 0.05) is 24.3 Å². The lowest BCUT2D eigenvalue weighted by molar-refractivity contribution is -0.111. The summed E-state index contributed by atoms with van der Waals surface area (Å²) < 4.78 is 2.04. The summed E-state index contributed by atoms with van der Waals surface area (Å²) in [4.78, 5) is 25.9. The van der Waals surface area contributed by atoms with Gasteiger partial charge in [-0.1, -0.05) is 6.58 Å². The molecule has 1 aliphatic heterocycles. The van der Waals surface area contributed by atoms with Gasteiger partial charge in [-0.3, -0.25) is 9.59 Å². The Labute approximate surface area is 140 Å². The van der Waals surface area contributed by atoms with Crippen LogP contribution in [0.4, 0.5) is 5.69 Å². The Kier molecular flexibility index (Phi) is 4.16. The van der Waals surface area contributed by atoms with Crippen LogP contribution in [0.15, 0.2) is 36.9 Å². The van der Waals surface area contributed by atoms with Crippen molar-refractivity contribution < 1.29 is 9.59 Å². The predicted octanol–water partition coefficient (Wildman–Crippen LogP) is 1.93. The van der Waals surface area contributed by atoms with E-state index in [1.807, 2.05) is 18.4 Å². The van der Waals surface area contributed by atoms with Crippen molar-refractivity contribution in [1.29, 1.82) is 0 Å². The van der Waals surface area contributed by atoms with Crippen LogP contribution in [0.25, 0.3) is 0 Å². The van der Waals surface area contributed by atoms with Crippen LogP contribution >= 0.6 is 0 Å². The molecule has 0 spiro atoms. The normalized spacial score (nSPS) is 16.4. The number of hydrogen-bond acceptors (Lipinski definition) is 4. The molecule has 3 rings (SSSR count). The Balaban J connectivity index is 1.77. The van der Waals surface area contributed by atoms with Gasteiger partial charge in [-0.2, -0.15) is 0 Å². The molecule has 1 aromatic heterocycles. The number of aromatic nitrogens is 3. The Morgan fingerprint density at radius 1 is 1.25 bits per heavy atom. The van der Waals surface area contributed by atoms with Crippen molar-refractivity contribution in [2.45, 2.75) is 26.4 Å². The van der Waals surface area contributed by atoms with Crippen LogP contribution in [-0.2, 0) is 11.3 Å². The van der Waals surface area contributed by atoms with E-state index in [0.717, 1.165) is 11.6 Å². The first kappa shape index (κ1) is 15.9. The Morgan fingerprint density at radius 3 is 2.62 bits per heavy atom. The van der Waals surface area contributed by atoms with Gasteiger partial charge in [-0.15, -0.1) is 10.2 Å². The van der Waals surface area contributed by atoms with E-state index in [0.29, 0.717) is 24.3 Å². The standard InChI is InChI=1S/C17H19N5O2/c1-4-15(23)18-14-7-5-13(6-8-14)17(24)21-9-10-22-12(3)19-20-16(22)11(21)2/h4-8,11H,1,9-10H2,2-3H3,(H,18,23). The number of anilines is 1. The van der Waals surface area contributed by atoms with Gasteiger partial charge in [0.1, 0.15) is 5.82 Å². The Hall–Kier alpha value is -2.96. The van der Waals surface area contributed by atoms with E-state index in [2.05, 4.69) is 22.1 Å². The molecule has 0 radical (unpaired) electrons. The maximum Gasteiger partial charge on any atom is 0.254 e. The van der Waals surface area contributed by atoms with Crippen molar-refractivity contribution in [3.05, 3.63) is 54.1 Å². The van der Waals surface area contributed by atoms with Gasteiger partial charge in [-0.05, 0) is 44.2 Å². The highest BCUT2D eigenvalue weighted by Crippen LogP contribution is 2.26. The third-order valence-corrected chi connectivity index (χ3v) is 4.22. The van der Waals surface area contributed by atoms with Crippen LogP contribution in [0.3, 0.4) is 0 Å². The topological polar surface area (TPSA) is 80.1 Å². The molecule has 1 aromatic carbocycles. The fourth-order valence-electron chi connectivity index (χ4n) is 2.86. The van der Waals surface area contributed by atoms with E-state index in [1.54, 1.807) is 29.2 Å². The van der Waals surface area contributed by atoms with Crippen molar-refractivity contribution in [2.75, 3.05) is 11.9 Å². The minimum Gasteiger partial charge on any atom is -0.327 e. The predicted molar refractivity (Wildman–Crippen MR) is 89.5 cm³/mol. The zero-order chi connectivity index (χ0) is 17.3. The number of carbonyl (C=O) groups is 2. The van der Waals surface area contributed by atoms with Crippen LogP contribution in [0.2, 0.25) is 0 Å². The minimum atomic E-state index is -0.284. The van der Waals surface area contributed by atoms with E-state index < -0.39 is 0 Å². The lowest BCUT2D eigenvalue weighted by Gasteiger charge is -2.33. The molecule has 7 heteroatoms. The molecule has 0 bridgehead atoms. The molecule has 0 saturated carbocycles. The zero-order valence-corrected chi connectivity index (χ0v) is 13.7. The summed E-state index contributed by atoms with van der Waals surface area (Å²) in [5.41, 5.74) is 1.20. The van der Waals surface area contributed by atoms with E-state index in [1.165, 1.54) is 6.08 Å². The third-order valence-electron chi connectivity index (χ3n) is 4.22. The number of carbonyl (C=O) groups excluding carboxylic acids is 2. The summed E-state index contributed by atoms with van der Waals surface area (Å²) in [7, 11) is 0. The minimum absolute atomic E-state index is 0.0593. The molecule has 7 nitrogen and oxygen atoms in total. The second-order valence-corrected chi connectivity index (χ2v) is 5.70. The fraction of sp³-hybridized carbons (Fsp3) is 0.294. The molecule has 2 amide bonds. The average molecular weight is 325 g/mol. The summed E-state index contributed by atoms with van der Waals surface area (Å²) in [6, 6.07) is 6.69. The highest BCUT2D eigenvalue weighted by Gasteiger charge is 2.30. The van der Waals surface area contributed by atoms with Crippen LogP contribution in [-0.4, -0.2) is 38.0 Å². The largest absolute Gasteiger partial charge is 0.327 e. The first-order chi connectivity index (χ1) is 11.5.